The van der Waals surface area contributed by atoms with E-state index < -0.39 is 17.0 Å². The number of hydrogen-bond acceptors (Lipinski definition) is 8. The van der Waals surface area contributed by atoms with Gasteiger partial charge in [0.2, 0.25) is 5.43 Å². The van der Waals surface area contributed by atoms with Crippen molar-refractivity contribution in [2.45, 2.75) is 13.0 Å². The van der Waals surface area contributed by atoms with Crippen LogP contribution in [0.4, 0.5) is 10.2 Å². The Morgan fingerprint density at radius 1 is 1.17 bits per heavy atom. The monoisotopic (exact) mass is 492 g/mol. The summed E-state index contributed by atoms with van der Waals surface area (Å²) in [6, 6.07) is 6.90. The van der Waals surface area contributed by atoms with Crippen molar-refractivity contribution >= 4 is 23.2 Å². The van der Waals surface area contributed by atoms with Crippen LogP contribution >= 0.6 is 11.6 Å². The molecule has 4 rings (SSSR count). The smallest absolute Gasteiger partial charge is 0.321 e. The van der Waals surface area contributed by atoms with Crippen LogP contribution in [0, 0.1) is 5.82 Å². The molecule has 0 radical (unpaired) electrons. The summed E-state index contributed by atoms with van der Waals surface area (Å²) in [5.74, 6) is -0.636. The van der Waals surface area contributed by atoms with Crippen LogP contribution < -0.4 is 15.9 Å². The molecule has 0 aliphatic rings. The third-order valence-electron chi connectivity index (χ3n) is 4.83. The molecular formula is C24H18ClFN6O3. The molecule has 3 heterocycles. The predicted octanol–water partition coefficient (Wildman–Crippen LogP) is 3.87. The van der Waals surface area contributed by atoms with Gasteiger partial charge in [-0.3, -0.25) is 14.3 Å². The third-order valence-corrected chi connectivity index (χ3v) is 5.21. The zero-order valence-corrected chi connectivity index (χ0v) is 18.9. The van der Waals surface area contributed by atoms with Crippen LogP contribution in [0.25, 0.3) is 11.1 Å². The number of carbonyl (C=O) groups is 1. The molecule has 35 heavy (non-hydrogen) atoms. The number of nitrogen functional groups attached to an aromatic ring is 1. The highest BCUT2D eigenvalue weighted by Gasteiger charge is 2.19. The summed E-state index contributed by atoms with van der Waals surface area (Å²) in [5, 5.41) is 4.29. The van der Waals surface area contributed by atoms with Crippen molar-refractivity contribution < 1.29 is 13.9 Å². The van der Waals surface area contributed by atoms with Gasteiger partial charge in [0.15, 0.2) is 17.2 Å². The van der Waals surface area contributed by atoms with Crippen LogP contribution in [0.2, 0.25) is 5.02 Å². The molecule has 2 N–H and O–H groups in total. The summed E-state index contributed by atoms with van der Waals surface area (Å²) < 4.78 is 20.3. The number of rotatable bonds is 8. The molecule has 176 valence electrons. The number of anilines is 1. The van der Waals surface area contributed by atoms with Crippen LogP contribution in [-0.4, -0.2) is 30.5 Å². The summed E-state index contributed by atoms with van der Waals surface area (Å²) in [4.78, 5) is 38.1. The SMILES string of the molecule is C=CCn1cc(-c2ccc(F)cc2)c(=O)c(C(=O)Cc2cnc(Oc3ccnc(N)c3Cl)nc2)n1. The Balaban J connectivity index is 1.58. The number of pyridine rings is 1. The van der Waals surface area contributed by atoms with Gasteiger partial charge in [0.25, 0.3) is 0 Å². The number of carbonyl (C=O) groups excluding carboxylic acids is 1. The fraction of sp³-hybridized carbons (Fsp3) is 0.0833. The van der Waals surface area contributed by atoms with Crippen LogP contribution in [-0.2, 0) is 13.0 Å². The van der Waals surface area contributed by atoms with E-state index in [4.69, 9.17) is 22.1 Å². The van der Waals surface area contributed by atoms with E-state index in [0.717, 1.165) is 0 Å². The van der Waals surface area contributed by atoms with Crippen LogP contribution in [0.3, 0.4) is 0 Å². The van der Waals surface area contributed by atoms with Gasteiger partial charge in [-0.25, -0.2) is 19.3 Å². The van der Waals surface area contributed by atoms with Gasteiger partial charge in [0.1, 0.15) is 16.7 Å². The minimum Gasteiger partial charge on any atom is -0.422 e. The summed E-state index contributed by atoms with van der Waals surface area (Å²) in [6.45, 7) is 3.93. The Morgan fingerprint density at radius 3 is 2.57 bits per heavy atom. The highest BCUT2D eigenvalue weighted by Crippen LogP contribution is 2.30. The molecule has 0 unspecified atom stereocenters. The number of aromatic nitrogens is 5. The van der Waals surface area contributed by atoms with E-state index in [1.54, 1.807) is 6.08 Å². The van der Waals surface area contributed by atoms with Gasteiger partial charge >= 0.3 is 6.01 Å². The van der Waals surface area contributed by atoms with Crippen LogP contribution in [0.5, 0.6) is 11.8 Å². The molecular weight excluding hydrogens is 475 g/mol. The lowest BCUT2D eigenvalue weighted by Gasteiger charge is -2.10. The number of hydrogen-bond donors (Lipinski definition) is 1. The number of benzene rings is 1. The van der Waals surface area contributed by atoms with Crippen molar-refractivity contribution in [3.63, 3.8) is 0 Å². The summed E-state index contributed by atoms with van der Waals surface area (Å²) in [6.07, 6.45) is 7.12. The number of ketones is 1. The van der Waals surface area contributed by atoms with Crippen molar-refractivity contribution in [1.29, 1.82) is 0 Å². The number of nitrogens with zero attached hydrogens (tertiary/aromatic N) is 5. The number of ether oxygens (including phenoxy) is 1. The Labute approximate surface area is 203 Å². The topological polar surface area (TPSA) is 126 Å². The normalized spacial score (nSPS) is 10.7. The lowest BCUT2D eigenvalue weighted by Crippen LogP contribution is -2.25. The van der Waals surface area contributed by atoms with E-state index in [2.05, 4.69) is 26.6 Å². The molecule has 1 aromatic carbocycles. The zero-order chi connectivity index (χ0) is 24.9. The standard InChI is InChI=1S/C24H18ClFN6O3/c1-2-9-32-13-17(15-3-5-16(26)6-4-15)22(34)21(31-32)18(33)10-14-11-29-24(30-12-14)35-19-7-8-28-23(27)20(19)25/h2-8,11-13H,1,9-10H2,(H2,27,28). The molecule has 4 aromatic rings. The summed E-state index contributed by atoms with van der Waals surface area (Å²) in [7, 11) is 0. The van der Waals surface area contributed by atoms with E-state index >= 15 is 0 Å². The molecule has 0 aliphatic heterocycles. The summed E-state index contributed by atoms with van der Waals surface area (Å²) >= 11 is 6.05. The third kappa shape index (κ3) is 5.39. The fourth-order valence-electron chi connectivity index (χ4n) is 3.16. The quantitative estimate of drug-likeness (QED) is 0.290. The first-order valence-electron chi connectivity index (χ1n) is 10.3. The number of Topliss-reactive ketones (excluding diaryl/α,β-unsaturated/α-hetero) is 1. The highest BCUT2D eigenvalue weighted by atomic mass is 35.5. The molecule has 0 fully saturated rings. The van der Waals surface area contributed by atoms with Crippen molar-refractivity contribution in [3.05, 3.63) is 100 Å². The van der Waals surface area contributed by atoms with Gasteiger partial charge in [-0.2, -0.15) is 5.10 Å². The van der Waals surface area contributed by atoms with Gasteiger partial charge in [-0.05, 0) is 23.3 Å². The predicted molar refractivity (Wildman–Crippen MR) is 128 cm³/mol. The second-order valence-electron chi connectivity index (χ2n) is 7.32. The van der Waals surface area contributed by atoms with Crippen LogP contribution in [0.15, 0.2) is 72.6 Å². The van der Waals surface area contributed by atoms with Gasteiger partial charge < -0.3 is 10.5 Å². The minimum absolute atomic E-state index is 0.0153. The molecule has 0 amide bonds. The van der Waals surface area contributed by atoms with Crippen molar-refractivity contribution in [2.24, 2.45) is 0 Å². The van der Waals surface area contributed by atoms with E-state index in [1.165, 1.54) is 59.8 Å². The lowest BCUT2D eigenvalue weighted by molar-refractivity contribution is 0.0984. The molecule has 0 bridgehead atoms. The molecule has 11 heteroatoms. The lowest BCUT2D eigenvalue weighted by atomic mass is 10.0. The van der Waals surface area contributed by atoms with E-state index in [1.807, 2.05) is 0 Å². The molecule has 0 atom stereocenters. The molecule has 0 aliphatic carbocycles. The van der Waals surface area contributed by atoms with Gasteiger partial charge in [-0.1, -0.05) is 29.8 Å². The first-order valence-corrected chi connectivity index (χ1v) is 10.6. The Kier molecular flexibility index (Phi) is 6.93. The molecule has 3 aromatic heterocycles. The van der Waals surface area contributed by atoms with Crippen LogP contribution in [0.1, 0.15) is 16.1 Å². The largest absolute Gasteiger partial charge is 0.422 e. The highest BCUT2D eigenvalue weighted by molar-refractivity contribution is 6.34. The maximum Gasteiger partial charge on any atom is 0.321 e. The van der Waals surface area contributed by atoms with E-state index in [9.17, 15) is 14.0 Å². The Hall–Kier alpha value is -4.44. The minimum atomic E-state index is -0.562. The number of halogens is 2. The molecule has 0 saturated carbocycles. The summed E-state index contributed by atoms with van der Waals surface area (Å²) in [5.41, 5.74) is 5.95. The maximum absolute atomic E-state index is 13.3. The van der Waals surface area contributed by atoms with Crippen molar-refractivity contribution in [1.82, 2.24) is 24.7 Å². The van der Waals surface area contributed by atoms with Crippen molar-refractivity contribution in [2.75, 3.05) is 5.73 Å². The van der Waals surface area contributed by atoms with Gasteiger partial charge in [0.05, 0.1) is 6.54 Å². The molecule has 0 saturated heterocycles. The number of allylic oxidation sites excluding steroid dienone is 1. The maximum atomic E-state index is 13.3. The first-order chi connectivity index (χ1) is 16.9. The molecule has 9 nitrogen and oxygen atoms in total. The Morgan fingerprint density at radius 2 is 1.89 bits per heavy atom. The van der Waals surface area contributed by atoms with Gasteiger partial charge in [0, 0.05) is 42.8 Å². The van der Waals surface area contributed by atoms with E-state index in [-0.39, 0.29) is 46.8 Å². The van der Waals surface area contributed by atoms with Crippen molar-refractivity contribution in [3.8, 4) is 22.9 Å². The Bertz CT molecular complexity index is 1460. The second-order valence-corrected chi connectivity index (χ2v) is 7.70. The zero-order valence-electron chi connectivity index (χ0n) is 18.2. The average molecular weight is 493 g/mol. The second kappa shape index (κ2) is 10.2. The molecule has 0 spiro atoms. The van der Waals surface area contributed by atoms with Gasteiger partial charge in [-0.15, -0.1) is 6.58 Å². The van der Waals surface area contributed by atoms with E-state index in [0.29, 0.717) is 11.1 Å². The average Bonchev–Trinajstić information content (AvgIpc) is 2.85. The number of nitrogens with two attached hydrogens (primary N) is 1. The fourth-order valence-corrected chi connectivity index (χ4v) is 3.31. The first kappa shape index (κ1) is 23.7.